The van der Waals surface area contributed by atoms with Crippen LogP contribution in [0.15, 0.2) is 77.7 Å². The van der Waals surface area contributed by atoms with Crippen LogP contribution in [-0.2, 0) is 10.0 Å². The average molecular weight is 439 g/mol. The summed E-state index contributed by atoms with van der Waals surface area (Å²) in [4.78, 5) is 12.6. The third kappa shape index (κ3) is 3.51. The fourth-order valence-corrected chi connectivity index (χ4v) is 5.38. The number of para-hydroxylation sites is 1. The molecule has 0 aliphatic carbocycles. The van der Waals surface area contributed by atoms with E-state index in [9.17, 15) is 23.6 Å². The Kier molecular flexibility index (Phi) is 5.16. The molecule has 2 unspecified atom stereocenters. The minimum atomic E-state index is -4.11. The summed E-state index contributed by atoms with van der Waals surface area (Å²) in [5.74, 6) is 0. The molecule has 1 aliphatic rings. The number of fused-ring (bicyclic) bond motifs is 1. The van der Waals surface area contributed by atoms with Crippen molar-refractivity contribution in [1.82, 2.24) is 0 Å². The van der Waals surface area contributed by atoms with Gasteiger partial charge in [-0.05, 0) is 37.3 Å². The minimum absolute atomic E-state index is 0.0319. The topological polar surface area (TPSA) is 104 Å². The number of anilines is 2. The maximum Gasteiger partial charge on any atom is 0.269 e. The van der Waals surface area contributed by atoms with Crippen molar-refractivity contribution in [3.8, 4) is 0 Å². The molecule has 0 fully saturated rings. The van der Waals surface area contributed by atoms with Crippen molar-refractivity contribution in [3.05, 3.63) is 94.0 Å². The fourth-order valence-electron chi connectivity index (χ4n) is 3.85. The molecule has 0 aromatic heterocycles. The number of aryl methyl sites for hydroxylation is 1. The van der Waals surface area contributed by atoms with Crippen LogP contribution in [0.4, 0.5) is 17.1 Å². The molecule has 1 heterocycles. The summed E-state index contributed by atoms with van der Waals surface area (Å²) >= 11 is 0. The number of rotatable bonds is 5. The second-order valence-electron chi connectivity index (χ2n) is 7.42. The molecule has 160 valence electrons. The first-order valence-corrected chi connectivity index (χ1v) is 11.0. The number of aliphatic hydroxyl groups is 1. The van der Waals surface area contributed by atoms with Gasteiger partial charge in [0.1, 0.15) is 6.04 Å². The van der Waals surface area contributed by atoms with Crippen LogP contribution in [0.5, 0.6) is 0 Å². The van der Waals surface area contributed by atoms with Crippen LogP contribution in [0.2, 0.25) is 0 Å². The molecule has 0 spiro atoms. The molecule has 1 N–H and O–H groups in total. The highest BCUT2D eigenvalue weighted by molar-refractivity contribution is 7.92. The number of non-ortho nitro benzene ring substituents is 1. The predicted octanol–water partition coefficient (Wildman–Crippen LogP) is 3.61. The second-order valence-corrected chi connectivity index (χ2v) is 9.23. The number of hydrogen-bond donors (Lipinski definition) is 1. The fraction of sp³-hybridized carbons (Fsp3) is 0.182. The average Bonchev–Trinajstić information content (AvgIpc) is 3.05. The molecular weight excluding hydrogens is 418 g/mol. The van der Waals surface area contributed by atoms with Gasteiger partial charge in [-0.25, -0.2) is 12.7 Å². The van der Waals surface area contributed by atoms with Crippen LogP contribution in [0.3, 0.4) is 0 Å². The third-order valence-corrected chi connectivity index (χ3v) is 7.26. The molecule has 0 radical (unpaired) electrons. The Morgan fingerprint density at radius 2 is 1.68 bits per heavy atom. The highest BCUT2D eigenvalue weighted by atomic mass is 32.2. The molecule has 0 saturated heterocycles. The number of nitro groups is 1. The quantitative estimate of drug-likeness (QED) is 0.481. The van der Waals surface area contributed by atoms with Gasteiger partial charge in [0.25, 0.3) is 15.7 Å². The molecule has 3 aromatic rings. The van der Waals surface area contributed by atoms with Crippen molar-refractivity contribution in [2.75, 3.05) is 16.3 Å². The van der Waals surface area contributed by atoms with E-state index >= 15 is 0 Å². The number of benzene rings is 3. The Morgan fingerprint density at radius 1 is 1.03 bits per heavy atom. The van der Waals surface area contributed by atoms with E-state index in [-0.39, 0.29) is 16.3 Å². The highest BCUT2D eigenvalue weighted by Crippen LogP contribution is 2.46. The number of nitrogens with zero attached hydrogens (tertiary/aromatic N) is 3. The molecular formula is C22H21N3O5S. The highest BCUT2D eigenvalue weighted by Gasteiger charge is 2.46. The first-order valence-electron chi connectivity index (χ1n) is 9.57. The molecule has 3 aromatic carbocycles. The van der Waals surface area contributed by atoms with Crippen LogP contribution in [0.25, 0.3) is 0 Å². The summed E-state index contributed by atoms with van der Waals surface area (Å²) in [6.07, 6.45) is -1.48. The molecule has 0 bridgehead atoms. The van der Waals surface area contributed by atoms with Crippen LogP contribution >= 0.6 is 0 Å². The number of likely N-dealkylation sites (N-methyl/N-ethyl adjacent to an activating group) is 1. The Bertz CT molecular complexity index is 1230. The van der Waals surface area contributed by atoms with Gasteiger partial charge in [-0.3, -0.25) is 10.1 Å². The third-order valence-electron chi connectivity index (χ3n) is 5.46. The van der Waals surface area contributed by atoms with Gasteiger partial charge in [-0.15, -0.1) is 0 Å². The smallest absolute Gasteiger partial charge is 0.269 e. The lowest BCUT2D eigenvalue weighted by atomic mass is 10.0. The van der Waals surface area contributed by atoms with E-state index in [1.807, 2.05) is 37.3 Å². The maximum atomic E-state index is 13.5. The van der Waals surface area contributed by atoms with Crippen molar-refractivity contribution in [1.29, 1.82) is 0 Å². The van der Waals surface area contributed by atoms with Crippen LogP contribution < -0.4 is 9.21 Å². The summed E-state index contributed by atoms with van der Waals surface area (Å²) in [6.45, 7) is 1.85. The summed E-state index contributed by atoms with van der Waals surface area (Å²) in [6, 6.07) is 18.6. The molecule has 8 nitrogen and oxygen atoms in total. The molecule has 9 heteroatoms. The van der Waals surface area contributed by atoms with Gasteiger partial charge >= 0.3 is 0 Å². The van der Waals surface area contributed by atoms with Gasteiger partial charge in [0, 0.05) is 30.4 Å². The van der Waals surface area contributed by atoms with Crippen molar-refractivity contribution in [2.24, 2.45) is 0 Å². The summed E-state index contributed by atoms with van der Waals surface area (Å²) in [5, 5.41) is 22.6. The lowest BCUT2D eigenvalue weighted by Gasteiger charge is -2.32. The number of sulfonamides is 1. The summed E-state index contributed by atoms with van der Waals surface area (Å²) in [5.41, 5.74) is 2.04. The molecule has 2 atom stereocenters. The van der Waals surface area contributed by atoms with Crippen molar-refractivity contribution >= 4 is 27.1 Å². The number of hydrogen-bond acceptors (Lipinski definition) is 6. The minimum Gasteiger partial charge on any atom is -0.370 e. The monoisotopic (exact) mass is 439 g/mol. The first-order chi connectivity index (χ1) is 14.7. The molecule has 4 rings (SSSR count). The van der Waals surface area contributed by atoms with Crippen molar-refractivity contribution in [2.45, 2.75) is 24.1 Å². The Morgan fingerprint density at radius 3 is 2.29 bits per heavy atom. The van der Waals surface area contributed by atoms with E-state index in [1.165, 1.54) is 30.3 Å². The van der Waals surface area contributed by atoms with E-state index in [0.29, 0.717) is 5.56 Å². The zero-order valence-electron chi connectivity index (χ0n) is 16.9. The first kappa shape index (κ1) is 20.8. The molecule has 0 amide bonds. The van der Waals surface area contributed by atoms with Crippen molar-refractivity contribution < 1.29 is 18.4 Å². The van der Waals surface area contributed by atoms with Crippen LogP contribution in [0, 0.1) is 17.0 Å². The van der Waals surface area contributed by atoms with Crippen LogP contribution in [-0.4, -0.2) is 31.7 Å². The summed E-state index contributed by atoms with van der Waals surface area (Å²) in [7, 11) is -2.40. The standard InChI is InChI=1S/C22H21N3O5S/c1-15-8-11-18(12-9-15)31(29,30)24-20-13-10-17(25(27)28)14-19(20)21(22(24)26)23(2)16-6-4-3-5-7-16/h3-14,21-22,26H,1-2H3. The van der Waals surface area contributed by atoms with Gasteiger partial charge in [-0.2, -0.15) is 0 Å². The zero-order valence-corrected chi connectivity index (χ0v) is 17.7. The predicted molar refractivity (Wildman–Crippen MR) is 118 cm³/mol. The maximum absolute atomic E-state index is 13.5. The Balaban J connectivity index is 1.87. The zero-order chi connectivity index (χ0) is 22.3. The Labute approximate surface area is 180 Å². The SMILES string of the molecule is Cc1ccc(S(=O)(=O)N2c3ccc([N+](=O)[O-])cc3C(N(C)c3ccccc3)C2O)cc1. The Hall–Kier alpha value is -3.43. The summed E-state index contributed by atoms with van der Waals surface area (Å²) < 4.78 is 27.9. The molecule has 31 heavy (non-hydrogen) atoms. The van der Waals surface area contributed by atoms with E-state index in [1.54, 1.807) is 24.1 Å². The largest absolute Gasteiger partial charge is 0.370 e. The van der Waals surface area contributed by atoms with Crippen LogP contribution in [0.1, 0.15) is 17.2 Å². The molecule has 0 saturated carbocycles. The van der Waals surface area contributed by atoms with Gasteiger partial charge in [0.15, 0.2) is 6.23 Å². The van der Waals surface area contributed by atoms with E-state index in [2.05, 4.69) is 0 Å². The second kappa shape index (κ2) is 7.68. The normalized spacial score (nSPS) is 18.0. The lowest BCUT2D eigenvalue weighted by molar-refractivity contribution is -0.384. The van der Waals surface area contributed by atoms with Crippen molar-refractivity contribution in [3.63, 3.8) is 0 Å². The van der Waals surface area contributed by atoms with Gasteiger partial charge in [-0.1, -0.05) is 35.9 Å². The van der Waals surface area contributed by atoms with E-state index in [4.69, 9.17) is 0 Å². The van der Waals surface area contributed by atoms with Gasteiger partial charge < -0.3 is 10.0 Å². The van der Waals surface area contributed by atoms with Gasteiger partial charge in [0.05, 0.1) is 15.5 Å². The van der Waals surface area contributed by atoms with Gasteiger partial charge in [0.2, 0.25) is 0 Å². The number of nitro benzene ring substituents is 1. The van der Waals surface area contributed by atoms with E-state index < -0.39 is 27.2 Å². The lowest BCUT2D eigenvalue weighted by Crippen LogP contribution is -2.43. The molecule has 1 aliphatic heterocycles. The van der Waals surface area contributed by atoms with E-state index in [0.717, 1.165) is 15.6 Å². The number of aliphatic hydroxyl groups excluding tert-OH is 1.